The molecule has 1 heterocycles. The Hall–Kier alpha value is -1.55. The molecule has 17 heavy (non-hydrogen) atoms. The summed E-state index contributed by atoms with van der Waals surface area (Å²) in [6.07, 6.45) is 1.75. The molecule has 0 atom stereocenters. The molecule has 0 saturated heterocycles. The minimum absolute atomic E-state index is 0.520. The fourth-order valence-corrected chi connectivity index (χ4v) is 2.01. The Morgan fingerprint density at radius 3 is 2.59 bits per heavy atom. The molecule has 2 aromatic rings. The van der Waals surface area contributed by atoms with E-state index in [-0.39, 0.29) is 0 Å². The molecular weight excluding hydrogens is 280 g/mol. The third-order valence-electron chi connectivity index (χ3n) is 2.32. The molecule has 0 saturated carbocycles. The van der Waals surface area contributed by atoms with E-state index in [1.54, 1.807) is 6.20 Å². The van der Waals surface area contributed by atoms with Crippen molar-refractivity contribution in [2.24, 2.45) is 0 Å². The number of anilines is 1. The second kappa shape index (κ2) is 4.75. The van der Waals surface area contributed by atoms with Crippen LogP contribution in [0, 0.1) is 13.8 Å². The predicted octanol–water partition coefficient (Wildman–Crippen LogP) is 3.84. The Balaban J connectivity index is 2.31. The van der Waals surface area contributed by atoms with Crippen molar-refractivity contribution in [1.82, 2.24) is 4.98 Å². The van der Waals surface area contributed by atoms with E-state index in [2.05, 4.69) is 20.9 Å². The number of halogens is 1. The SMILES string of the molecule is Cc1ccc(Oc2ncc(C)cc2Br)c(N)c1. The zero-order valence-corrected chi connectivity index (χ0v) is 11.3. The highest BCUT2D eigenvalue weighted by Gasteiger charge is 2.07. The van der Waals surface area contributed by atoms with Crippen molar-refractivity contribution in [2.75, 3.05) is 5.73 Å². The highest BCUT2D eigenvalue weighted by atomic mass is 79.9. The van der Waals surface area contributed by atoms with Gasteiger partial charge in [-0.3, -0.25) is 0 Å². The molecule has 0 radical (unpaired) electrons. The molecule has 0 aliphatic carbocycles. The van der Waals surface area contributed by atoms with Crippen LogP contribution in [0.3, 0.4) is 0 Å². The fourth-order valence-electron chi connectivity index (χ4n) is 1.46. The van der Waals surface area contributed by atoms with E-state index in [1.165, 1.54) is 0 Å². The number of hydrogen-bond donors (Lipinski definition) is 1. The van der Waals surface area contributed by atoms with E-state index in [1.807, 2.05) is 38.1 Å². The second-order valence-corrected chi connectivity index (χ2v) is 4.80. The first-order chi connectivity index (χ1) is 8.06. The second-order valence-electron chi connectivity index (χ2n) is 3.94. The molecule has 0 amide bonds. The van der Waals surface area contributed by atoms with Crippen molar-refractivity contribution in [2.45, 2.75) is 13.8 Å². The van der Waals surface area contributed by atoms with Gasteiger partial charge in [0.05, 0.1) is 10.2 Å². The van der Waals surface area contributed by atoms with Gasteiger partial charge in [0.2, 0.25) is 5.88 Å². The van der Waals surface area contributed by atoms with Crippen LogP contribution in [0.1, 0.15) is 11.1 Å². The summed E-state index contributed by atoms with van der Waals surface area (Å²) in [6.45, 7) is 3.96. The van der Waals surface area contributed by atoms with E-state index in [0.29, 0.717) is 17.3 Å². The van der Waals surface area contributed by atoms with Gasteiger partial charge in [-0.2, -0.15) is 0 Å². The summed E-state index contributed by atoms with van der Waals surface area (Å²) in [5, 5.41) is 0. The van der Waals surface area contributed by atoms with Crippen molar-refractivity contribution in [3.63, 3.8) is 0 Å². The quantitative estimate of drug-likeness (QED) is 0.856. The lowest BCUT2D eigenvalue weighted by Crippen LogP contribution is -1.95. The Kier molecular flexibility index (Phi) is 3.33. The topological polar surface area (TPSA) is 48.1 Å². The van der Waals surface area contributed by atoms with Gasteiger partial charge in [0.1, 0.15) is 0 Å². The molecule has 4 heteroatoms. The van der Waals surface area contributed by atoms with Crippen LogP contribution in [0.5, 0.6) is 11.6 Å². The lowest BCUT2D eigenvalue weighted by molar-refractivity contribution is 0.461. The third kappa shape index (κ3) is 2.77. The van der Waals surface area contributed by atoms with Crippen molar-refractivity contribution in [3.8, 4) is 11.6 Å². The van der Waals surface area contributed by atoms with Crippen LogP contribution >= 0.6 is 15.9 Å². The highest BCUT2D eigenvalue weighted by molar-refractivity contribution is 9.10. The van der Waals surface area contributed by atoms with Gasteiger partial charge in [-0.05, 0) is 59.1 Å². The summed E-state index contributed by atoms with van der Waals surface area (Å²) in [6, 6.07) is 7.62. The minimum Gasteiger partial charge on any atom is -0.436 e. The van der Waals surface area contributed by atoms with Crippen LogP contribution in [0.25, 0.3) is 0 Å². The van der Waals surface area contributed by atoms with Crippen molar-refractivity contribution >= 4 is 21.6 Å². The van der Waals surface area contributed by atoms with Crippen molar-refractivity contribution in [3.05, 3.63) is 46.1 Å². The summed E-state index contributed by atoms with van der Waals surface area (Å²) in [5.74, 6) is 1.14. The third-order valence-corrected chi connectivity index (χ3v) is 2.88. The average Bonchev–Trinajstić information content (AvgIpc) is 2.25. The first-order valence-corrected chi connectivity index (χ1v) is 6.01. The largest absolute Gasteiger partial charge is 0.436 e. The summed E-state index contributed by atoms with van der Waals surface area (Å²) < 4.78 is 6.48. The number of pyridine rings is 1. The van der Waals surface area contributed by atoms with Crippen molar-refractivity contribution in [1.29, 1.82) is 0 Å². The van der Waals surface area contributed by atoms with Gasteiger partial charge >= 0.3 is 0 Å². The van der Waals surface area contributed by atoms with Crippen LogP contribution in [0.2, 0.25) is 0 Å². The molecule has 1 aromatic heterocycles. The summed E-state index contributed by atoms with van der Waals surface area (Å²) in [4.78, 5) is 4.21. The number of aromatic nitrogens is 1. The molecular formula is C13H13BrN2O. The molecule has 0 bridgehead atoms. The summed E-state index contributed by atoms with van der Waals surface area (Å²) in [5.41, 5.74) is 8.66. The molecule has 0 fully saturated rings. The minimum atomic E-state index is 0.520. The zero-order chi connectivity index (χ0) is 12.4. The number of nitrogens with zero attached hydrogens (tertiary/aromatic N) is 1. The van der Waals surface area contributed by atoms with E-state index in [9.17, 15) is 0 Å². The number of hydrogen-bond acceptors (Lipinski definition) is 3. The van der Waals surface area contributed by atoms with Crippen LogP contribution < -0.4 is 10.5 Å². The van der Waals surface area contributed by atoms with E-state index >= 15 is 0 Å². The Morgan fingerprint density at radius 1 is 1.18 bits per heavy atom. The first kappa shape index (κ1) is 11.9. The molecule has 2 rings (SSSR count). The van der Waals surface area contributed by atoms with Crippen LogP contribution in [0.4, 0.5) is 5.69 Å². The molecule has 2 N–H and O–H groups in total. The van der Waals surface area contributed by atoms with Crippen LogP contribution in [0.15, 0.2) is 34.9 Å². The van der Waals surface area contributed by atoms with Gasteiger partial charge < -0.3 is 10.5 Å². The first-order valence-electron chi connectivity index (χ1n) is 5.22. The molecule has 1 aromatic carbocycles. The summed E-state index contributed by atoms with van der Waals surface area (Å²) >= 11 is 3.42. The van der Waals surface area contributed by atoms with Gasteiger partial charge in [-0.1, -0.05) is 6.07 Å². The van der Waals surface area contributed by atoms with Crippen LogP contribution in [-0.2, 0) is 0 Å². The Morgan fingerprint density at radius 2 is 1.94 bits per heavy atom. The normalized spacial score (nSPS) is 10.3. The number of nitrogens with two attached hydrogens (primary N) is 1. The predicted molar refractivity (Wildman–Crippen MR) is 72.3 cm³/mol. The molecule has 0 aliphatic rings. The average molecular weight is 293 g/mol. The monoisotopic (exact) mass is 292 g/mol. The van der Waals surface area contributed by atoms with E-state index in [4.69, 9.17) is 10.5 Å². The Bertz CT molecular complexity index is 506. The maximum absolute atomic E-state index is 5.88. The van der Waals surface area contributed by atoms with Gasteiger partial charge in [0.15, 0.2) is 5.75 Å². The van der Waals surface area contributed by atoms with E-state index < -0.39 is 0 Å². The maximum Gasteiger partial charge on any atom is 0.233 e. The standard InChI is InChI=1S/C13H13BrN2O/c1-8-3-4-12(11(15)6-8)17-13-10(14)5-9(2)7-16-13/h3-7H,15H2,1-2H3. The molecule has 0 spiro atoms. The van der Waals surface area contributed by atoms with Gasteiger partial charge in [0.25, 0.3) is 0 Å². The number of ether oxygens (including phenoxy) is 1. The Labute approximate surface area is 109 Å². The molecule has 3 nitrogen and oxygen atoms in total. The molecule has 88 valence electrons. The zero-order valence-electron chi connectivity index (χ0n) is 9.70. The number of nitrogen functional groups attached to an aromatic ring is 1. The van der Waals surface area contributed by atoms with Crippen LogP contribution in [-0.4, -0.2) is 4.98 Å². The highest BCUT2D eigenvalue weighted by Crippen LogP contribution is 2.31. The maximum atomic E-state index is 5.88. The van der Waals surface area contributed by atoms with E-state index in [0.717, 1.165) is 15.6 Å². The van der Waals surface area contributed by atoms with Gasteiger partial charge in [0, 0.05) is 6.20 Å². The smallest absolute Gasteiger partial charge is 0.233 e. The number of aryl methyl sites for hydroxylation is 2. The lowest BCUT2D eigenvalue weighted by Gasteiger charge is -2.09. The fraction of sp³-hybridized carbons (Fsp3) is 0.154. The number of benzene rings is 1. The number of rotatable bonds is 2. The molecule has 0 unspecified atom stereocenters. The molecule has 0 aliphatic heterocycles. The summed E-state index contributed by atoms with van der Waals surface area (Å²) in [7, 11) is 0. The van der Waals surface area contributed by atoms with Gasteiger partial charge in [-0.25, -0.2) is 4.98 Å². The van der Waals surface area contributed by atoms with Gasteiger partial charge in [-0.15, -0.1) is 0 Å². The lowest BCUT2D eigenvalue weighted by atomic mass is 10.2. The van der Waals surface area contributed by atoms with Crippen molar-refractivity contribution < 1.29 is 4.74 Å².